The molecule has 1 aromatic carbocycles. The Morgan fingerprint density at radius 1 is 1.11 bits per heavy atom. The average molecular weight is 390 g/mol. The van der Waals surface area contributed by atoms with Crippen molar-refractivity contribution in [1.82, 2.24) is 4.90 Å². The van der Waals surface area contributed by atoms with Crippen LogP contribution >= 0.6 is 12.4 Å². The first-order valence-corrected chi connectivity index (χ1v) is 8.51. The number of methoxy groups -OCH3 is 2. The van der Waals surface area contributed by atoms with Gasteiger partial charge in [0.05, 0.1) is 37.8 Å². The number of piperazine rings is 1. The number of ether oxygens (including phenoxy) is 2. The second kappa shape index (κ2) is 9.36. The Morgan fingerprint density at radius 3 is 2.44 bits per heavy atom. The Hall–Kier alpha value is -2.62. The highest BCUT2D eigenvalue weighted by Crippen LogP contribution is 2.32. The van der Waals surface area contributed by atoms with Crippen molar-refractivity contribution in [2.45, 2.75) is 0 Å². The van der Waals surface area contributed by atoms with Gasteiger partial charge in [0, 0.05) is 38.3 Å². The van der Waals surface area contributed by atoms with E-state index in [-0.39, 0.29) is 12.4 Å². The molecule has 1 aliphatic heterocycles. The lowest BCUT2D eigenvalue weighted by atomic mass is 10.0. The fourth-order valence-corrected chi connectivity index (χ4v) is 3.05. The molecule has 2 aromatic rings. The molecule has 0 spiro atoms. The minimum Gasteiger partial charge on any atom is -0.493 e. The monoisotopic (exact) mass is 389 g/mol. The summed E-state index contributed by atoms with van der Waals surface area (Å²) in [4.78, 5) is 4.59. The molecule has 2 heterocycles. The van der Waals surface area contributed by atoms with E-state index in [4.69, 9.17) is 13.9 Å². The molecule has 0 saturated carbocycles. The van der Waals surface area contributed by atoms with Gasteiger partial charge < -0.3 is 23.7 Å². The summed E-state index contributed by atoms with van der Waals surface area (Å²) >= 11 is 0. The zero-order valence-corrected chi connectivity index (χ0v) is 16.6. The highest BCUT2D eigenvalue weighted by atomic mass is 35.5. The number of anilines is 1. The van der Waals surface area contributed by atoms with Gasteiger partial charge in [0.2, 0.25) is 0 Å². The fourth-order valence-electron chi connectivity index (χ4n) is 3.05. The zero-order chi connectivity index (χ0) is 18.5. The van der Waals surface area contributed by atoms with E-state index in [0.29, 0.717) is 22.8 Å². The van der Waals surface area contributed by atoms with Gasteiger partial charge >= 0.3 is 0 Å². The van der Waals surface area contributed by atoms with Crippen molar-refractivity contribution in [2.75, 3.05) is 52.3 Å². The smallest absolute Gasteiger partial charge is 0.161 e. The van der Waals surface area contributed by atoms with Crippen LogP contribution in [0, 0.1) is 11.3 Å². The second-order valence-corrected chi connectivity index (χ2v) is 6.20. The maximum Gasteiger partial charge on any atom is 0.161 e. The van der Waals surface area contributed by atoms with E-state index in [0.717, 1.165) is 37.4 Å². The molecule has 7 heteroatoms. The SMILES string of the molecule is COc1ccc(C(C#N)=Cc2occc2N2CCN(C)CC2)cc1OC.Cl. The van der Waals surface area contributed by atoms with E-state index in [1.165, 1.54) is 0 Å². The molecule has 0 amide bonds. The van der Waals surface area contributed by atoms with Crippen LogP contribution in [-0.2, 0) is 0 Å². The zero-order valence-electron chi connectivity index (χ0n) is 15.8. The van der Waals surface area contributed by atoms with E-state index in [1.54, 1.807) is 38.7 Å². The van der Waals surface area contributed by atoms with Crippen molar-refractivity contribution < 1.29 is 13.9 Å². The average Bonchev–Trinajstić information content (AvgIpc) is 3.14. The first kappa shape index (κ1) is 20.7. The predicted octanol–water partition coefficient (Wildman–Crippen LogP) is 3.53. The quantitative estimate of drug-likeness (QED) is 0.729. The largest absolute Gasteiger partial charge is 0.493 e. The van der Waals surface area contributed by atoms with Gasteiger partial charge in [0.25, 0.3) is 0 Å². The lowest BCUT2D eigenvalue weighted by molar-refractivity contribution is 0.312. The van der Waals surface area contributed by atoms with Crippen LogP contribution in [0.25, 0.3) is 11.6 Å². The number of hydrogen-bond acceptors (Lipinski definition) is 6. The number of hydrogen-bond donors (Lipinski definition) is 0. The van der Waals surface area contributed by atoms with Gasteiger partial charge in [-0.1, -0.05) is 0 Å². The van der Waals surface area contributed by atoms with Crippen molar-refractivity contribution in [3.8, 4) is 17.6 Å². The van der Waals surface area contributed by atoms with Crippen molar-refractivity contribution >= 4 is 29.7 Å². The standard InChI is InChI=1S/C20H23N3O3.ClH/c1-22-7-9-23(10-8-22)17-6-11-26-19(17)13-16(14-21)15-4-5-18(24-2)20(12-15)25-3;/h4-6,11-13H,7-10H2,1-3H3;1H. The molecule has 0 N–H and O–H groups in total. The summed E-state index contributed by atoms with van der Waals surface area (Å²) in [7, 11) is 5.29. The van der Waals surface area contributed by atoms with E-state index >= 15 is 0 Å². The molecule has 1 aromatic heterocycles. The number of allylic oxidation sites excluding steroid dienone is 1. The molecule has 0 radical (unpaired) electrons. The van der Waals surface area contributed by atoms with Crippen LogP contribution in [0.4, 0.5) is 5.69 Å². The molecule has 6 nitrogen and oxygen atoms in total. The third kappa shape index (κ3) is 4.57. The number of nitrogens with zero attached hydrogens (tertiary/aromatic N) is 3. The minimum absolute atomic E-state index is 0. The molecule has 0 unspecified atom stereocenters. The number of likely N-dealkylation sites (N-methyl/N-ethyl adjacent to an activating group) is 1. The van der Waals surface area contributed by atoms with Crippen molar-refractivity contribution in [3.05, 3.63) is 41.9 Å². The molecule has 27 heavy (non-hydrogen) atoms. The lowest BCUT2D eigenvalue weighted by Crippen LogP contribution is -2.44. The van der Waals surface area contributed by atoms with Crippen LogP contribution < -0.4 is 14.4 Å². The summed E-state index contributed by atoms with van der Waals surface area (Å²) in [6.07, 6.45) is 3.46. The van der Waals surface area contributed by atoms with Gasteiger partial charge in [-0.25, -0.2) is 0 Å². The van der Waals surface area contributed by atoms with Crippen LogP contribution in [-0.4, -0.2) is 52.3 Å². The highest BCUT2D eigenvalue weighted by molar-refractivity contribution is 5.91. The molecule has 1 aliphatic rings. The fraction of sp³-hybridized carbons (Fsp3) is 0.350. The molecule has 1 saturated heterocycles. The first-order chi connectivity index (χ1) is 12.7. The molecule has 0 aliphatic carbocycles. The summed E-state index contributed by atoms with van der Waals surface area (Å²) in [6, 6.07) is 9.65. The van der Waals surface area contributed by atoms with E-state index in [1.807, 2.05) is 12.1 Å². The molecule has 0 atom stereocenters. The Balaban J connectivity index is 0.00000261. The van der Waals surface area contributed by atoms with E-state index < -0.39 is 0 Å². The maximum atomic E-state index is 9.65. The third-order valence-electron chi connectivity index (χ3n) is 4.61. The van der Waals surface area contributed by atoms with Crippen molar-refractivity contribution in [3.63, 3.8) is 0 Å². The summed E-state index contributed by atoms with van der Waals surface area (Å²) in [5.74, 6) is 1.91. The summed E-state index contributed by atoms with van der Waals surface area (Å²) in [5, 5.41) is 9.65. The first-order valence-electron chi connectivity index (χ1n) is 8.51. The summed E-state index contributed by atoms with van der Waals surface area (Å²) in [5.41, 5.74) is 2.29. The molecular formula is C20H24ClN3O3. The van der Waals surface area contributed by atoms with Crippen LogP contribution in [0.15, 0.2) is 34.9 Å². The Labute approximate surface area is 166 Å². The van der Waals surface area contributed by atoms with Crippen LogP contribution in [0.2, 0.25) is 0 Å². The maximum absolute atomic E-state index is 9.65. The van der Waals surface area contributed by atoms with E-state index in [9.17, 15) is 5.26 Å². The van der Waals surface area contributed by atoms with Crippen LogP contribution in [0.3, 0.4) is 0 Å². The number of benzene rings is 1. The van der Waals surface area contributed by atoms with Gasteiger partial charge in [-0.2, -0.15) is 5.26 Å². The number of nitriles is 1. The summed E-state index contributed by atoms with van der Waals surface area (Å²) < 4.78 is 16.3. The van der Waals surface area contributed by atoms with E-state index in [2.05, 4.69) is 22.9 Å². The highest BCUT2D eigenvalue weighted by Gasteiger charge is 2.19. The normalized spacial score (nSPS) is 15.0. The molecule has 144 valence electrons. The third-order valence-corrected chi connectivity index (χ3v) is 4.61. The molecular weight excluding hydrogens is 366 g/mol. The summed E-state index contributed by atoms with van der Waals surface area (Å²) in [6.45, 7) is 3.90. The van der Waals surface area contributed by atoms with Gasteiger partial charge in [-0.05, 0) is 30.8 Å². The Bertz CT molecular complexity index is 833. The van der Waals surface area contributed by atoms with Gasteiger partial charge in [0.15, 0.2) is 17.3 Å². The number of rotatable bonds is 5. The van der Waals surface area contributed by atoms with Gasteiger partial charge in [-0.15, -0.1) is 12.4 Å². The lowest BCUT2D eigenvalue weighted by Gasteiger charge is -2.33. The van der Waals surface area contributed by atoms with Gasteiger partial charge in [-0.3, -0.25) is 0 Å². The Kier molecular flexibility index (Phi) is 7.17. The van der Waals surface area contributed by atoms with Crippen LogP contribution in [0.1, 0.15) is 11.3 Å². The molecule has 0 bridgehead atoms. The topological polar surface area (TPSA) is 61.9 Å². The number of halogens is 1. The van der Waals surface area contributed by atoms with Crippen molar-refractivity contribution in [2.24, 2.45) is 0 Å². The Morgan fingerprint density at radius 2 is 1.81 bits per heavy atom. The van der Waals surface area contributed by atoms with Crippen molar-refractivity contribution in [1.29, 1.82) is 5.26 Å². The van der Waals surface area contributed by atoms with Crippen LogP contribution in [0.5, 0.6) is 11.5 Å². The predicted molar refractivity (Wildman–Crippen MR) is 109 cm³/mol. The molecule has 3 rings (SSSR count). The second-order valence-electron chi connectivity index (χ2n) is 6.20. The van der Waals surface area contributed by atoms with Gasteiger partial charge in [0.1, 0.15) is 0 Å². The molecule has 1 fully saturated rings. The number of furan rings is 1. The minimum atomic E-state index is 0.